The lowest BCUT2D eigenvalue weighted by Gasteiger charge is -2.13. The number of nitrogens with two attached hydrogens (primary N) is 1. The molecule has 0 unspecified atom stereocenters. The van der Waals surface area contributed by atoms with Crippen molar-refractivity contribution in [2.45, 2.75) is 13.0 Å². The molecule has 0 heterocycles. The number of ether oxygens (including phenoxy) is 1. The van der Waals surface area contributed by atoms with Crippen LogP contribution in [-0.2, 0) is 13.0 Å². The van der Waals surface area contributed by atoms with Crippen molar-refractivity contribution in [1.29, 1.82) is 0 Å². The first kappa shape index (κ1) is 15.1. The molecular weight excluding hydrogens is 300 g/mol. The summed E-state index contributed by atoms with van der Waals surface area (Å²) in [5, 5.41) is 0.931. The summed E-state index contributed by atoms with van der Waals surface area (Å²) in [5.74, 6) is 0.210. The van der Waals surface area contributed by atoms with E-state index in [1.54, 1.807) is 30.3 Å². The van der Waals surface area contributed by atoms with Crippen LogP contribution in [0.1, 0.15) is 11.1 Å². The molecular formula is C15H14Cl2FNO. The van der Waals surface area contributed by atoms with Crippen LogP contribution in [-0.4, -0.2) is 6.54 Å². The van der Waals surface area contributed by atoms with Crippen LogP contribution in [0.3, 0.4) is 0 Å². The van der Waals surface area contributed by atoms with Gasteiger partial charge in [0, 0.05) is 16.1 Å². The summed E-state index contributed by atoms with van der Waals surface area (Å²) >= 11 is 12.1. The average molecular weight is 314 g/mol. The second kappa shape index (κ2) is 6.93. The summed E-state index contributed by atoms with van der Waals surface area (Å²) in [4.78, 5) is 0. The second-order valence-corrected chi connectivity index (χ2v) is 5.06. The zero-order valence-corrected chi connectivity index (χ0v) is 12.2. The predicted molar refractivity (Wildman–Crippen MR) is 80.0 cm³/mol. The van der Waals surface area contributed by atoms with E-state index < -0.39 is 0 Å². The number of hydrogen-bond acceptors (Lipinski definition) is 2. The molecule has 20 heavy (non-hydrogen) atoms. The molecule has 0 radical (unpaired) electrons. The van der Waals surface area contributed by atoms with Gasteiger partial charge in [-0.25, -0.2) is 4.39 Å². The van der Waals surface area contributed by atoms with Crippen LogP contribution in [0.5, 0.6) is 5.75 Å². The van der Waals surface area contributed by atoms with Crippen LogP contribution in [0, 0.1) is 5.82 Å². The summed E-state index contributed by atoms with van der Waals surface area (Å²) < 4.78 is 19.3. The lowest BCUT2D eigenvalue weighted by molar-refractivity contribution is 0.297. The van der Waals surface area contributed by atoms with Crippen LogP contribution in [0.4, 0.5) is 4.39 Å². The third-order valence-electron chi connectivity index (χ3n) is 2.90. The fourth-order valence-electron chi connectivity index (χ4n) is 1.88. The Labute approximate surface area is 127 Å². The predicted octanol–water partition coefficient (Wildman–Crippen LogP) is 4.21. The van der Waals surface area contributed by atoms with Gasteiger partial charge in [0.05, 0.1) is 5.02 Å². The SMILES string of the molecule is NCCc1c(Cl)cccc1OCc1c(F)cccc1Cl. The Morgan fingerprint density at radius 3 is 2.30 bits per heavy atom. The first-order valence-corrected chi connectivity index (χ1v) is 6.92. The minimum absolute atomic E-state index is 0.0451. The van der Waals surface area contributed by atoms with E-state index >= 15 is 0 Å². The highest BCUT2D eigenvalue weighted by molar-refractivity contribution is 6.31. The Kier molecular flexibility index (Phi) is 5.24. The molecule has 0 bridgehead atoms. The fraction of sp³-hybridized carbons (Fsp3) is 0.200. The van der Waals surface area contributed by atoms with Gasteiger partial charge in [0.1, 0.15) is 18.2 Å². The van der Waals surface area contributed by atoms with Gasteiger partial charge >= 0.3 is 0 Å². The van der Waals surface area contributed by atoms with E-state index in [1.807, 2.05) is 0 Å². The first-order valence-electron chi connectivity index (χ1n) is 6.16. The molecule has 5 heteroatoms. The van der Waals surface area contributed by atoms with Crippen LogP contribution in [0.15, 0.2) is 36.4 Å². The normalized spacial score (nSPS) is 10.6. The van der Waals surface area contributed by atoms with Gasteiger partial charge < -0.3 is 10.5 Å². The van der Waals surface area contributed by atoms with Gasteiger partial charge in [0.15, 0.2) is 0 Å². The van der Waals surface area contributed by atoms with E-state index in [9.17, 15) is 4.39 Å². The molecule has 0 atom stereocenters. The van der Waals surface area contributed by atoms with Gasteiger partial charge in [-0.1, -0.05) is 35.3 Å². The molecule has 0 saturated carbocycles. The Morgan fingerprint density at radius 2 is 1.65 bits per heavy atom. The van der Waals surface area contributed by atoms with E-state index in [-0.39, 0.29) is 12.4 Å². The molecule has 0 aliphatic rings. The molecule has 2 rings (SSSR count). The topological polar surface area (TPSA) is 35.2 Å². The maximum absolute atomic E-state index is 13.7. The van der Waals surface area contributed by atoms with Crippen LogP contribution in [0.2, 0.25) is 10.0 Å². The molecule has 2 N–H and O–H groups in total. The lowest BCUT2D eigenvalue weighted by atomic mass is 10.1. The third kappa shape index (κ3) is 3.42. The van der Waals surface area contributed by atoms with Crippen molar-refractivity contribution in [2.75, 3.05) is 6.54 Å². The minimum atomic E-state index is -0.389. The Bertz CT molecular complexity index is 584. The van der Waals surface area contributed by atoms with Crippen molar-refractivity contribution in [3.63, 3.8) is 0 Å². The van der Waals surface area contributed by atoms with Crippen molar-refractivity contribution in [3.8, 4) is 5.75 Å². The molecule has 0 aromatic heterocycles. The van der Waals surface area contributed by atoms with Crippen molar-refractivity contribution >= 4 is 23.2 Å². The van der Waals surface area contributed by atoms with Gasteiger partial charge in [-0.15, -0.1) is 0 Å². The molecule has 0 amide bonds. The number of hydrogen-bond donors (Lipinski definition) is 1. The second-order valence-electron chi connectivity index (χ2n) is 4.24. The smallest absolute Gasteiger partial charge is 0.131 e. The Morgan fingerprint density at radius 1 is 1.00 bits per heavy atom. The minimum Gasteiger partial charge on any atom is -0.488 e. The molecule has 2 aromatic rings. The maximum atomic E-state index is 13.7. The molecule has 0 aliphatic carbocycles. The molecule has 0 fully saturated rings. The fourth-order valence-corrected chi connectivity index (χ4v) is 2.36. The largest absolute Gasteiger partial charge is 0.488 e. The van der Waals surface area contributed by atoms with E-state index in [2.05, 4.69) is 0 Å². The average Bonchev–Trinajstić information content (AvgIpc) is 2.42. The number of rotatable bonds is 5. The summed E-state index contributed by atoms with van der Waals surface area (Å²) in [5.41, 5.74) is 6.71. The third-order valence-corrected chi connectivity index (χ3v) is 3.61. The summed E-state index contributed by atoms with van der Waals surface area (Å²) in [6.07, 6.45) is 0.597. The van der Waals surface area contributed by atoms with Crippen molar-refractivity contribution in [1.82, 2.24) is 0 Å². The Balaban J connectivity index is 2.21. The molecule has 0 saturated heterocycles. The number of benzene rings is 2. The molecule has 0 spiro atoms. The highest BCUT2D eigenvalue weighted by atomic mass is 35.5. The van der Waals surface area contributed by atoms with E-state index in [4.69, 9.17) is 33.7 Å². The van der Waals surface area contributed by atoms with Crippen molar-refractivity contribution in [3.05, 3.63) is 63.4 Å². The monoisotopic (exact) mass is 313 g/mol. The molecule has 2 aromatic carbocycles. The molecule has 106 valence electrons. The highest BCUT2D eigenvalue weighted by Crippen LogP contribution is 2.28. The summed E-state index contributed by atoms with van der Waals surface area (Å²) in [6, 6.07) is 9.87. The van der Waals surface area contributed by atoms with Gasteiger partial charge in [-0.3, -0.25) is 0 Å². The van der Waals surface area contributed by atoms with Crippen LogP contribution in [0.25, 0.3) is 0 Å². The van der Waals surface area contributed by atoms with Crippen molar-refractivity contribution in [2.24, 2.45) is 5.73 Å². The van der Waals surface area contributed by atoms with Gasteiger partial charge in [0.25, 0.3) is 0 Å². The lowest BCUT2D eigenvalue weighted by Crippen LogP contribution is -2.07. The van der Waals surface area contributed by atoms with E-state index in [1.165, 1.54) is 6.07 Å². The summed E-state index contributed by atoms with van der Waals surface area (Å²) in [7, 11) is 0. The quantitative estimate of drug-likeness (QED) is 0.897. The maximum Gasteiger partial charge on any atom is 0.131 e. The van der Waals surface area contributed by atoms with Gasteiger partial charge in [0.2, 0.25) is 0 Å². The van der Waals surface area contributed by atoms with Crippen LogP contribution < -0.4 is 10.5 Å². The van der Waals surface area contributed by atoms with Crippen LogP contribution >= 0.6 is 23.2 Å². The highest BCUT2D eigenvalue weighted by Gasteiger charge is 2.11. The zero-order valence-electron chi connectivity index (χ0n) is 10.7. The van der Waals surface area contributed by atoms with E-state index in [0.717, 1.165) is 5.56 Å². The standard InChI is InChI=1S/C15H14Cl2FNO/c16-12-4-2-6-15(10(12)7-8-19)20-9-11-13(17)3-1-5-14(11)18/h1-6H,7-9,19H2. The van der Waals surface area contributed by atoms with Gasteiger partial charge in [-0.2, -0.15) is 0 Å². The van der Waals surface area contributed by atoms with Crippen molar-refractivity contribution < 1.29 is 9.13 Å². The zero-order chi connectivity index (χ0) is 14.5. The molecule has 2 nitrogen and oxygen atoms in total. The van der Waals surface area contributed by atoms with E-state index in [0.29, 0.717) is 34.3 Å². The Hall–Kier alpha value is -1.29. The summed E-state index contributed by atoms with van der Waals surface area (Å²) in [6.45, 7) is 0.504. The first-order chi connectivity index (χ1) is 9.63. The van der Waals surface area contributed by atoms with Gasteiger partial charge in [-0.05, 0) is 37.2 Å². The molecule has 0 aliphatic heterocycles. The number of halogens is 3.